The van der Waals surface area contributed by atoms with Crippen molar-refractivity contribution in [1.29, 1.82) is 0 Å². The molecule has 1 aromatic rings. The van der Waals surface area contributed by atoms with E-state index in [-0.39, 0.29) is 22.7 Å². The molecule has 1 aromatic heterocycles. The molecule has 6 heteroatoms. The molecule has 0 saturated carbocycles. The Balaban J connectivity index is 3.39. The first kappa shape index (κ1) is 11.2. The van der Waals surface area contributed by atoms with Crippen molar-refractivity contribution in [2.75, 3.05) is 0 Å². The fourth-order valence-corrected chi connectivity index (χ4v) is 1.47. The second-order valence-electron chi connectivity index (χ2n) is 2.46. The first-order chi connectivity index (χ1) is 6.60. The number of hydrogen-bond acceptors (Lipinski definition) is 2. The molecule has 0 saturated heterocycles. The van der Waals surface area contributed by atoms with Crippen LogP contribution in [0.3, 0.4) is 0 Å². The third kappa shape index (κ3) is 2.12. The molecule has 1 heterocycles. The van der Waals surface area contributed by atoms with Gasteiger partial charge >= 0.3 is 0 Å². The number of nitrogens with zero attached hydrogens (tertiary/aromatic N) is 1. The highest BCUT2D eigenvalue weighted by molar-refractivity contribution is 9.08. The van der Waals surface area contributed by atoms with Gasteiger partial charge in [-0.05, 0) is 11.6 Å². The maximum atomic E-state index is 12.7. The van der Waals surface area contributed by atoms with E-state index in [2.05, 4.69) is 20.9 Å². The lowest BCUT2D eigenvalue weighted by atomic mass is 10.1. The van der Waals surface area contributed by atoms with E-state index >= 15 is 0 Å². The lowest BCUT2D eigenvalue weighted by Gasteiger charge is -2.06. The minimum absolute atomic E-state index is 0.125. The van der Waals surface area contributed by atoms with E-state index in [9.17, 15) is 18.0 Å². The first-order valence-electron chi connectivity index (χ1n) is 3.58. The minimum atomic E-state index is -2.95. The van der Waals surface area contributed by atoms with Crippen LogP contribution in [0.2, 0.25) is 0 Å². The monoisotopic (exact) mass is 267 g/mol. The van der Waals surface area contributed by atoms with Gasteiger partial charge in [-0.3, -0.25) is 4.79 Å². The molecule has 14 heavy (non-hydrogen) atoms. The van der Waals surface area contributed by atoms with E-state index in [0.29, 0.717) is 0 Å². The van der Waals surface area contributed by atoms with Crippen LogP contribution < -0.4 is 0 Å². The Labute approximate surface area is 86.3 Å². The summed E-state index contributed by atoms with van der Waals surface area (Å²) in [6.07, 6.45) is -2.70. The lowest BCUT2D eigenvalue weighted by molar-refractivity contribution is 0.110. The number of carbonyl (C=O) groups is 1. The predicted molar refractivity (Wildman–Crippen MR) is 47.2 cm³/mol. The van der Waals surface area contributed by atoms with Gasteiger partial charge in [0.05, 0.1) is 0 Å². The summed E-state index contributed by atoms with van der Waals surface area (Å²) >= 11 is 2.97. The molecule has 2 nitrogen and oxygen atoms in total. The standard InChI is InChI=1S/C8H5BrF3NO/c9-2-4-1-6(10)13-7(8(11)12)5(4)3-14/h1,3,8H,2H2. The third-order valence-corrected chi connectivity index (χ3v) is 2.22. The quantitative estimate of drug-likeness (QED) is 0.479. The maximum Gasteiger partial charge on any atom is 0.281 e. The SMILES string of the molecule is O=Cc1c(CBr)cc(F)nc1C(F)F. The summed E-state index contributed by atoms with van der Waals surface area (Å²) in [5.41, 5.74) is -0.893. The number of aldehydes is 1. The Morgan fingerprint density at radius 3 is 2.64 bits per heavy atom. The normalized spacial score (nSPS) is 10.6. The predicted octanol–water partition coefficient (Wildman–Crippen LogP) is 2.87. The van der Waals surface area contributed by atoms with Crippen molar-refractivity contribution < 1.29 is 18.0 Å². The zero-order valence-electron chi connectivity index (χ0n) is 6.81. The van der Waals surface area contributed by atoms with Crippen LogP contribution in [-0.4, -0.2) is 11.3 Å². The Morgan fingerprint density at radius 1 is 1.57 bits per heavy atom. The minimum Gasteiger partial charge on any atom is -0.298 e. The summed E-state index contributed by atoms with van der Waals surface area (Å²) in [5, 5.41) is 0.125. The van der Waals surface area contributed by atoms with Gasteiger partial charge in [0, 0.05) is 10.9 Å². The second-order valence-corrected chi connectivity index (χ2v) is 3.02. The molecule has 0 aromatic carbocycles. The highest BCUT2D eigenvalue weighted by atomic mass is 79.9. The molecule has 0 spiro atoms. The molecule has 0 bridgehead atoms. The van der Waals surface area contributed by atoms with Gasteiger partial charge in [-0.2, -0.15) is 4.39 Å². The summed E-state index contributed by atoms with van der Waals surface area (Å²) in [4.78, 5) is 13.5. The summed E-state index contributed by atoms with van der Waals surface area (Å²) in [7, 11) is 0. The van der Waals surface area contributed by atoms with Crippen molar-refractivity contribution in [2.24, 2.45) is 0 Å². The molecule has 76 valence electrons. The number of aromatic nitrogens is 1. The Morgan fingerprint density at radius 2 is 2.21 bits per heavy atom. The molecular weight excluding hydrogens is 263 g/mol. The van der Waals surface area contributed by atoms with E-state index in [1.807, 2.05) is 0 Å². The zero-order valence-corrected chi connectivity index (χ0v) is 8.39. The molecule has 0 radical (unpaired) electrons. The molecule has 0 N–H and O–H groups in total. The van der Waals surface area contributed by atoms with E-state index < -0.39 is 18.1 Å². The van der Waals surface area contributed by atoms with E-state index in [1.165, 1.54) is 0 Å². The first-order valence-corrected chi connectivity index (χ1v) is 4.71. The molecule has 0 aliphatic heterocycles. The topological polar surface area (TPSA) is 30.0 Å². The highest BCUT2D eigenvalue weighted by Gasteiger charge is 2.19. The summed E-state index contributed by atoms with van der Waals surface area (Å²) in [6.45, 7) is 0. The van der Waals surface area contributed by atoms with E-state index in [4.69, 9.17) is 0 Å². The number of hydrogen-bond donors (Lipinski definition) is 0. The molecule has 0 aliphatic rings. The van der Waals surface area contributed by atoms with Gasteiger partial charge in [-0.25, -0.2) is 13.8 Å². The number of carbonyl (C=O) groups excluding carboxylic acids is 1. The van der Waals surface area contributed by atoms with Crippen molar-refractivity contribution in [1.82, 2.24) is 4.98 Å². The van der Waals surface area contributed by atoms with Crippen molar-refractivity contribution in [3.8, 4) is 0 Å². The van der Waals surface area contributed by atoms with Crippen LogP contribution in [0.15, 0.2) is 6.07 Å². The van der Waals surface area contributed by atoms with Crippen LogP contribution in [0.25, 0.3) is 0 Å². The van der Waals surface area contributed by atoms with Gasteiger partial charge in [-0.1, -0.05) is 15.9 Å². The molecule has 0 amide bonds. The fourth-order valence-electron chi connectivity index (χ4n) is 1.01. The second kappa shape index (κ2) is 4.54. The fraction of sp³-hybridized carbons (Fsp3) is 0.250. The molecule has 1 rings (SSSR count). The molecule has 0 fully saturated rings. The van der Waals surface area contributed by atoms with Crippen LogP contribution in [0.5, 0.6) is 0 Å². The summed E-state index contributed by atoms with van der Waals surface area (Å²) in [5.74, 6) is -1.01. The van der Waals surface area contributed by atoms with Crippen LogP contribution in [0.1, 0.15) is 28.0 Å². The van der Waals surface area contributed by atoms with Gasteiger partial charge in [0.25, 0.3) is 6.43 Å². The molecule has 0 aliphatic carbocycles. The van der Waals surface area contributed by atoms with Crippen molar-refractivity contribution >= 4 is 22.2 Å². The van der Waals surface area contributed by atoms with Crippen LogP contribution in [0.4, 0.5) is 13.2 Å². The van der Waals surface area contributed by atoms with E-state index in [1.54, 1.807) is 0 Å². The average Bonchev–Trinajstić information content (AvgIpc) is 2.16. The van der Waals surface area contributed by atoms with E-state index in [0.717, 1.165) is 6.07 Å². The Bertz CT molecular complexity index is 357. The van der Waals surface area contributed by atoms with Gasteiger partial charge in [-0.15, -0.1) is 0 Å². The van der Waals surface area contributed by atoms with Gasteiger partial charge in [0.2, 0.25) is 5.95 Å². The van der Waals surface area contributed by atoms with Gasteiger partial charge in [0.1, 0.15) is 5.69 Å². The number of alkyl halides is 3. The molecule has 0 unspecified atom stereocenters. The van der Waals surface area contributed by atoms with Crippen molar-refractivity contribution in [3.63, 3.8) is 0 Å². The smallest absolute Gasteiger partial charge is 0.281 e. The van der Waals surface area contributed by atoms with Crippen LogP contribution in [-0.2, 0) is 5.33 Å². The highest BCUT2D eigenvalue weighted by Crippen LogP contribution is 2.24. The third-order valence-electron chi connectivity index (χ3n) is 1.61. The zero-order chi connectivity index (χ0) is 10.7. The van der Waals surface area contributed by atoms with Crippen LogP contribution >= 0.6 is 15.9 Å². The van der Waals surface area contributed by atoms with Gasteiger partial charge < -0.3 is 0 Å². The van der Waals surface area contributed by atoms with Crippen molar-refractivity contribution in [2.45, 2.75) is 11.8 Å². The average molecular weight is 268 g/mol. The van der Waals surface area contributed by atoms with Crippen molar-refractivity contribution in [3.05, 3.63) is 28.8 Å². The summed E-state index contributed by atoms with van der Waals surface area (Å²) < 4.78 is 37.3. The summed E-state index contributed by atoms with van der Waals surface area (Å²) in [6, 6.07) is 0.949. The Kier molecular flexibility index (Phi) is 3.62. The molecular formula is C8H5BrF3NO. The lowest BCUT2D eigenvalue weighted by Crippen LogP contribution is -2.04. The maximum absolute atomic E-state index is 12.7. The number of pyridine rings is 1. The largest absolute Gasteiger partial charge is 0.298 e. The van der Waals surface area contributed by atoms with Gasteiger partial charge in [0.15, 0.2) is 6.29 Å². The number of rotatable bonds is 3. The Hall–Kier alpha value is -0.910. The number of halogens is 4. The van der Waals surface area contributed by atoms with Crippen LogP contribution in [0, 0.1) is 5.95 Å². The molecule has 0 atom stereocenters.